The van der Waals surface area contributed by atoms with E-state index in [9.17, 15) is 14.0 Å². The minimum absolute atomic E-state index is 0.176. The number of pyridine rings is 2. The number of H-pyrrole nitrogens is 1. The maximum Gasteiger partial charge on any atom is 0.257 e. The zero-order valence-corrected chi connectivity index (χ0v) is 16.1. The van der Waals surface area contributed by atoms with Gasteiger partial charge in [0.2, 0.25) is 0 Å². The van der Waals surface area contributed by atoms with Gasteiger partial charge < -0.3 is 20.4 Å². The van der Waals surface area contributed by atoms with E-state index in [0.717, 1.165) is 22.7 Å². The average molecular weight is 417 g/mol. The van der Waals surface area contributed by atoms with Crippen molar-refractivity contribution in [3.63, 3.8) is 0 Å². The fourth-order valence-electron chi connectivity index (χ4n) is 3.47. The number of rotatable bonds is 3. The Bertz CT molecular complexity index is 1330. The molecule has 0 bridgehead atoms. The predicted octanol–water partition coefficient (Wildman–Crippen LogP) is 3.14. The fourth-order valence-corrected chi connectivity index (χ4v) is 3.47. The molecule has 0 aliphatic carbocycles. The summed E-state index contributed by atoms with van der Waals surface area (Å²) in [7, 11) is 0. The van der Waals surface area contributed by atoms with E-state index >= 15 is 0 Å². The summed E-state index contributed by atoms with van der Waals surface area (Å²) < 4.78 is 19.0. The zero-order valence-electron chi connectivity index (χ0n) is 16.1. The molecule has 1 aliphatic rings. The van der Waals surface area contributed by atoms with Crippen LogP contribution in [0, 0.1) is 5.82 Å². The lowest BCUT2D eigenvalue weighted by Crippen LogP contribution is -2.24. The van der Waals surface area contributed by atoms with E-state index in [1.54, 1.807) is 24.4 Å². The number of anilines is 1. The first-order valence-electron chi connectivity index (χ1n) is 9.53. The van der Waals surface area contributed by atoms with Crippen LogP contribution < -0.4 is 15.4 Å². The van der Waals surface area contributed by atoms with E-state index in [1.807, 2.05) is 6.07 Å². The van der Waals surface area contributed by atoms with Gasteiger partial charge in [0.25, 0.3) is 11.8 Å². The van der Waals surface area contributed by atoms with Gasteiger partial charge in [-0.05, 0) is 23.8 Å². The molecular weight excluding hydrogens is 401 g/mol. The van der Waals surface area contributed by atoms with Crippen LogP contribution in [-0.4, -0.2) is 39.9 Å². The molecule has 0 spiro atoms. The van der Waals surface area contributed by atoms with Gasteiger partial charge in [0.05, 0.1) is 35.8 Å². The molecule has 0 saturated carbocycles. The molecule has 4 aromatic rings. The van der Waals surface area contributed by atoms with Crippen molar-refractivity contribution in [1.82, 2.24) is 20.3 Å². The second kappa shape index (κ2) is 7.52. The standard InChI is InChI=1S/C22H16FN5O3/c23-14-7-15(10-24-9-14)28-21(29)13-5-17-18(11-27-20(17)26-8-13)12-1-2-16-19(6-12)31-4-3-25-22(16)30/h1-2,5-11H,3-4H2,(H,25,30)(H,26,27)(H,28,29). The number of carbonyl (C=O) groups is 2. The number of aromatic amines is 1. The van der Waals surface area contributed by atoms with Crippen LogP contribution in [0.5, 0.6) is 5.75 Å². The van der Waals surface area contributed by atoms with E-state index in [-0.39, 0.29) is 11.6 Å². The van der Waals surface area contributed by atoms with Crippen molar-refractivity contribution < 1.29 is 18.7 Å². The molecule has 3 N–H and O–H groups in total. The molecule has 154 valence electrons. The highest BCUT2D eigenvalue weighted by Crippen LogP contribution is 2.33. The van der Waals surface area contributed by atoms with Crippen LogP contribution in [-0.2, 0) is 0 Å². The molecule has 31 heavy (non-hydrogen) atoms. The van der Waals surface area contributed by atoms with E-state index in [1.165, 1.54) is 18.5 Å². The highest BCUT2D eigenvalue weighted by atomic mass is 19.1. The maximum atomic E-state index is 13.3. The summed E-state index contributed by atoms with van der Waals surface area (Å²) in [5, 5.41) is 6.11. The number of nitrogens with zero attached hydrogens (tertiary/aromatic N) is 2. The number of carbonyl (C=O) groups excluding carboxylic acids is 2. The van der Waals surface area contributed by atoms with Gasteiger partial charge in [-0.1, -0.05) is 6.07 Å². The summed E-state index contributed by atoms with van der Waals surface area (Å²) in [5.74, 6) is -0.651. The summed E-state index contributed by atoms with van der Waals surface area (Å²) in [5.41, 5.74) is 3.26. The van der Waals surface area contributed by atoms with Gasteiger partial charge >= 0.3 is 0 Å². The van der Waals surface area contributed by atoms with Gasteiger partial charge in [-0.15, -0.1) is 0 Å². The molecule has 2 amide bonds. The summed E-state index contributed by atoms with van der Waals surface area (Å²) >= 11 is 0. The Morgan fingerprint density at radius 2 is 2.03 bits per heavy atom. The minimum Gasteiger partial charge on any atom is -0.491 e. The summed E-state index contributed by atoms with van der Waals surface area (Å²) in [6, 6.07) is 8.22. The predicted molar refractivity (Wildman–Crippen MR) is 112 cm³/mol. The third kappa shape index (κ3) is 3.57. The van der Waals surface area contributed by atoms with Crippen LogP contribution >= 0.6 is 0 Å². The molecular formula is C22H16FN5O3. The van der Waals surface area contributed by atoms with E-state index < -0.39 is 11.7 Å². The van der Waals surface area contributed by atoms with Gasteiger partial charge in [0.15, 0.2) is 0 Å². The second-order valence-corrected chi connectivity index (χ2v) is 6.98. The van der Waals surface area contributed by atoms with Gasteiger partial charge in [-0.25, -0.2) is 9.37 Å². The van der Waals surface area contributed by atoms with Crippen molar-refractivity contribution in [2.45, 2.75) is 0 Å². The molecule has 3 aromatic heterocycles. The number of fused-ring (bicyclic) bond motifs is 2. The van der Waals surface area contributed by atoms with Gasteiger partial charge in [0, 0.05) is 29.4 Å². The lowest BCUT2D eigenvalue weighted by atomic mass is 10.0. The van der Waals surface area contributed by atoms with Gasteiger partial charge in [0.1, 0.15) is 23.8 Å². The summed E-state index contributed by atoms with van der Waals surface area (Å²) in [4.78, 5) is 35.9. The van der Waals surface area contributed by atoms with Gasteiger partial charge in [-0.2, -0.15) is 0 Å². The zero-order chi connectivity index (χ0) is 21.4. The molecule has 8 nitrogen and oxygen atoms in total. The highest BCUT2D eigenvalue weighted by molar-refractivity contribution is 6.07. The molecule has 5 rings (SSSR count). The minimum atomic E-state index is -0.543. The molecule has 0 atom stereocenters. The van der Waals surface area contributed by atoms with Crippen molar-refractivity contribution in [2.24, 2.45) is 0 Å². The first-order chi connectivity index (χ1) is 15.1. The molecule has 0 unspecified atom stereocenters. The maximum absolute atomic E-state index is 13.3. The Morgan fingerprint density at radius 1 is 1.13 bits per heavy atom. The van der Waals surface area contributed by atoms with E-state index in [4.69, 9.17) is 4.74 Å². The number of benzene rings is 1. The third-order valence-electron chi connectivity index (χ3n) is 4.94. The van der Waals surface area contributed by atoms with Crippen LogP contribution in [0.15, 0.2) is 55.1 Å². The van der Waals surface area contributed by atoms with Crippen LogP contribution in [0.1, 0.15) is 20.7 Å². The smallest absolute Gasteiger partial charge is 0.257 e. The number of ether oxygens (including phenoxy) is 1. The number of hydrogen-bond acceptors (Lipinski definition) is 5. The number of nitrogens with one attached hydrogen (secondary N) is 3. The van der Waals surface area contributed by atoms with Crippen molar-refractivity contribution in [3.05, 3.63) is 72.1 Å². The fraction of sp³-hybridized carbons (Fsp3) is 0.0909. The summed E-state index contributed by atoms with van der Waals surface area (Å²) in [6.45, 7) is 0.829. The Kier molecular flexibility index (Phi) is 4.55. The first kappa shape index (κ1) is 18.7. The van der Waals surface area contributed by atoms with Crippen molar-refractivity contribution >= 4 is 28.5 Å². The Morgan fingerprint density at radius 3 is 2.90 bits per heavy atom. The number of aromatic nitrogens is 3. The molecule has 1 aliphatic heterocycles. The van der Waals surface area contributed by atoms with E-state index in [2.05, 4.69) is 25.6 Å². The normalized spacial score (nSPS) is 13.1. The number of hydrogen-bond donors (Lipinski definition) is 3. The molecule has 0 radical (unpaired) electrons. The van der Waals surface area contributed by atoms with Crippen molar-refractivity contribution in [2.75, 3.05) is 18.5 Å². The first-order valence-corrected chi connectivity index (χ1v) is 9.53. The monoisotopic (exact) mass is 417 g/mol. The lowest BCUT2D eigenvalue weighted by molar-refractivity contribution is 0.0956. The molecule has 9 heteroatoms. The quantitative estimate of drug-likeness (QED) is 0.475. The molecule has 4 heterocycles. The van der Waals surface area contributed by atoms with Crippen LogP contribution in [0.2, 0.25) is 0 Å². The largest absolute Gasteiger partial charge is 0.491 e. The highest BCUT2D eigenvalue weighted by Gasteiger charge is 2.18. The number of halogens is 1. The van der Waals surface area contributed by atoms with Gasteiger partial charge in [-0.3, -0.25) is 14.6 Å². The average Bonchev–Trinajstić information content (AvgIpc) is 3.10. The third-order valence-corrected chi connectivity index (χ3v) is 4.94. The van der Waals surface area contributed by atoms with Crippen molar-refractivity contribution in [1.29, 1.82) is 0 Å². The Balaban J connectivity index is 1.50. The Labute approximate surface area is 175 Å². The van der Waals surface area contributed by atoms with Crippen LogP contribution in [0.4, 0.5) is 10.1 Å². The number of amides is 2. The lowest BCUT2D eigenvalue weighted by Gasteiger charge is -2.08. The van der Waals surface area contributed by atoms with Crippen molar-refractivity contribution in [3.8, 4) is 16.9 Å². The van der Waals surface area contributed by atoms with Crippen LogP contribution in [0.3, 0.4) is 0 Å². The Hall–Kier alpha value is -4.27. The van der Waals surface area contributed by atoms with Crippen LogP contribution in [0.25, 0.3) is 22.2 Å². The topological polar surface area (TPSA) is 109 Å². The summed E-state index contributed by atoms with van der Waals surface area (Å²) in [6.07, 6.45) is 5.65. The second-order valence-electron chi connectivity index (χ2n) is 6.98. The molecule has 0 saturated heterocycles. The SMILES string of the molecule is O=C(Nc1cncc(F)c1)c1cnc2[nH]cc(-c3ccc4c(c3)OCCNC4=O)c2c1. The molecule has 1 aromatic carbocycles. The molecule has 0 fully saturated rings. The van der Waals surface area contributed by atoms with E-state index in [0.29, 0.717) is 35.7 Å².